The van der Waals surface area contributed by atoms with Crippen LogP contribution in [0.5, 0.6) is 0 Å². The molecule has 7 heteroatoms. The summed E-state index contributed by atoms with van der Waals surface area (Å²) < 4.78 is 7.28. The molecule has 0 radical (unpaired) electrons. The fourth-order valence-electron chi connectivity index (χ4n) is 10.8. The van der Waals surface area contributed by atoms with Crippen molar-refractivity contribution in [1.29, 1.82) is 0 Å². The predicted octanol–water partition coefficient (Wildman–Crippen LogP) is 14.8. The van der Waals surface area contributed by atoms with Gasteiger partial charge >= 0.3 is 0 Å². The van der Waals surface area contributed by atoms with Gasteiger partial charge in [0.05, 0.1) is 61.6 Å². The predicted molar refractivity (Wildman–Crippen MR) is 276 cm³/mol. The standard InChI is InChI=1S/C60H43N7/c1-36-17-13-18-37(2)55(36)46-35-45(63-60(64-46)56-38(3)19-14-20-39(56)4)40-33-53(65-47-25-9-5-21-41(47)42-22-6-10-26-48(42)65)59(67-51-29-15-31-61-57(51)58-52(67)30-16-32-62-58)54(34-40)66-49-27-11-7-23-43(49)44-24-8-12-28-50(44)66/h5-35H,1-4H3. The highest BCUT2D eigenvalue weighted by atomic mass is 15.1. The van der Waals surface area contributed by atoms with Crippen LogP contribution in [0, 0.1) is 27.7 Å². The lowest BCUT2D eigenvalue weighted by atomic mass is 9.97. The van der Waals surface area contributed by atoms with Crippen molar-refractivity contribution >= 4 is 65.7 Å². The van der Waals surface area contributed by atoms with E-state index in [0.29, 0.717) is 5.82 Å². The molecule has 318 valence electrons. The summed E-state index contributed by atoms with van der Waals surface area (Å²) in [6.07, 6.45) is 3.73. The third-order valence-electron chi connectivity index (χ3n) is 13.7. The smallest absolute Gasteiger partial charge is 0.160 e. The molecule has 0 saturated heterocycles. The van der Waals surface area contributed by atoms with E-state index in [1.165, 1.54) is 21.5 Å². The maximum absolute atomic E-state index is 5.61. The lowest BCUT2D eigenvalue weighted by Crippen LogP contribution is -2.10. The summed E-state index contributed by atoms with van der Waals surface area (Å²) in [5, 5.41) is 4.70. The van der Waals surface area contributed by atoms with Crippen LogP contribution in [-0.2, 0) is 0 Å². The first-order valence-corrected chi connectivity index (χ1v) is 22.8. The van der Waals surface area contributed by atoms with E-state index >= 15 is 0 Å². The van der Waals surface area contributed by atoms with Gasteiger partial charge in [0.15, 0.2) is 5.82 Å². The second-order valence-corrected chi connectivity index (χ2v) is 17.7. The van der Waals surface area contributed by atoms with Crippen molar-refractivity contribution in [1.82, 2.24) is 33.6 Å². The van der Waals surface area contributed by atoms with Gasteiger partial charge in [-0.15, -0.1) is 0 Å². The Kier molecular flexibility index (Phi) is 8.64. The van der Waals surface area contributed by atoms with Crippen molar-refractivity contribution in [2.75, 3.05) is 0 Å². The van der Waals surface area contributed by atoms with Crippen molar-refractivity contribution < 1.29 is 0 Å². The molecule has 67 heavy (non-hydrogen) atoms. The molecule has 6 heterocycles. The number of aryl methyl sites for hydroxylation is 4. The summed E-state index contributed by atoms with van der Waals surface area (Å²) in [4.78, 5) is 21.0. The van der Waals surface area contributed by atoms with Crippen LogP contribution in [0.15, 0.2) is 188 Å². The zero-order chi connectivity index (χ0) is 44.9. The lowest BCUT2D eigenvalue weighted by molar-refractivity contribution is 1.05. The molecule has 0 aliphatic heterocycles. The lowest BCUT2D eigenvalue weighted by Gasteiger charge is -2.23. The van der Waals surface area contributed by atoms with Crippen molar-refractivity contribution in [3.63, 3.8) is 0 Å². The average molecular weight is 862 g/mol. The van der Waals surface area contributed by atoms with E-state index in [9.17, 15) is 0 Å². The first-order chi connectivity index (χ1) is 32.9. The summed E-state index contributed by atoms with van der Waals surface area (Å²) in [6, 6.07) is 63.2. The summed E-state index contributed by atoms with van der Waals surface area (Å²) in [7, 11) is 0. The van der Waals surface area contributed by atoms with Gasteiger partial charge in [-0.3, -0.25) is 9.97 Å². The summed E-state index contributed by atoms with van der Waals surface area (Å²) in [6.45, 7) is 8.66. The fraction of sp³-hybridized carbons (Fsp3) is 0.0667. The Hall–Kier alpha value is -8.68. The van der Waals surface area contributed by atoms with E-state index in [4.69, 9.17) is 19.9 Å². The minimum atomic E-state index is 0.700. The molecule has 0 fully saturated rings. The molecule has 0 bridgehead atoms. The number of benzene rings is 7. The summed E-state index contributed by atoms with van der Waals surface area (Å²) >= 11 is 0. The third-order valence-corrected chi connectivity index (χ3v) is 13.7. The number of nitrogens with zero attached hydrogens (tertiary/aromatic N) is 7. The molecule has 7 nitrogen and oxygen atoms in total. The first kappa shape index (κ1) is 38.8. The molecule has 0 atom stereocenters. The Bertz CT molecular complexity index is 3760. The number of fused-ring (bicyclic) bond motifs is 9. The Morgan fingerprint density at radius 1 is 0.343 bits per heavy atom. The normalized spacial score (nSPS) is 11.9. The SMILES string of the molecule is Cc1cccc(C)c1-c1cc(-c2cc(-n3c4ccccc4c4ccccc43)c(-n3c4cccnc4c4ncccc43)c(-n3c4ccccc4c4ccccc43)c2)nc(-c2c(C)cccc2C)n1. The Balaban J connectivity index is 1.27. The molecule has 0 amide bonds. The quantitative estimate of drug-likeness (QED) is 0.167. The Labute approximate surface area is 386 Å². The van der Waals surface area contributed by atoms with Crippen molar-refractivity contribution in [2.24, 2.45) is 0 Å². The van der Waals surface area contributed by atoms with Crippen molar-refractivity contribution in [2.45, 2.75) is 27.7 Å². The zero-order valence-electron chi connectivity index (χ0n) is 37.5. The minimum Gasteiger partial charge on any atom is -0.307 e. The number of aromatic nitrogens is 7. The van der Waals surface area contributed by atoms with Gasteiger partial charge < -0.3 is 13.7 Å². The van der Waals surface area contributed by atoms with Gasteiger partial charge in [-0.2, -0.15) is 0 Å². The fourth-order valence-corrected chi connectivity index (χ4v) is 10.8. The number of hydrogen-bond donors (Lipinski definition) is 0. The third kappa shape index (κ3) is 5.84. The Morgan fingerprint density at radius 3 is 1.18 bits per heavy atom. The van der Waals surface area contributed by atoms with Gasteiger partial charge in [0.1, 0.15) is 11.0 Å². The molecular weight excluding hydrogens is 819 g/mol. The zero-order valence-corrected chi connectivity index (χ0v) is 37.5. The molecule has 0 spiro atoms. The molecule has 6 aromatic heterocycles. The second kappa shape index (κ2) is 14.9. The van der Waals surface area contributed by atoms with Gasteiger partial charge in [-0.25, -0.2) is 9.97 Å². The van der Waals surface area contributed by atoms with Crippen LogP contribution >= 0.6 is 0 Å². The van der Waals surface area contributed by atoms with Crippen LogP contribution in [-0.4, -0.2) is 33.6 Å². The highest BCUT2D eigenvalue weighted by molar-refractivity contribution is 6.13. The summed E-state index contributed by atoms with van der Waals surface area (Å²) in [5.74, 6) is 0.700. The van der Waals surface area contributed by atoms with Crippen LogP contribution in [0.4, 0.5) is 0 Å². The minimum absolute atomic E-state index is 0.700. The van der Waals surface area contributed by atoms with E-state index in [2.05, 4.69) is 205 Å². The maximum atomic E-state index is 5.61. The molecule has 0 saturated carbocycles. The molecule has 13 rings (SSSR count). The monoisotopic (exact) mass is 861 g/mol. The molecule has 0 aliphatic rings. The van der Waals surface area contributed by atoms with Gasteiger partial charge in [-0.05, 0) is 117 Å². The highest BCUT2D eigenvalue weighted by Crippen LogP contribution is 2.45. The van der Waals surface area contributed by atoms with Gasteiger partial charge in [0.2, 0.25) is 0 Å². The van der Waals surface area contributed by atoms with Gasteiger partial charge in [-0.1, -0.05) is 109 Å². The molecule has 7 aromatic carbocycles. The van der Waals surface area contributed by atoms with E-state index in [1.54, 1.807) is 0 Å². The maximum Gasteiger partial charge on any atom is 0.160 e. The van der Waals surface area contributed by atoms with Crippen LogP contribution in [0.3, 0.4) is 0 Å². The van der Waals surface area contributed by atoms with Crippen LogP contribution in [0.1, 0.15) is 22.3 Å². The van der Waals surface area contributed by atoms with Gasteiger partial charge in [0, 0.05) is 50.6 Å². The largest absolute Gasteiger partial charge is 0.307 e. The van der Waals surface area contributed by atoms with Crippen LogP contribution in [0.2, 0.25) is 0 Å². The molecule has 0 N–H and O–H groups in total. The van der Waals surface area contributed by atoms with Crippen LogP contribution < -0.4 is 0 Å². The number of hydrogen-bond acceptors (Lipinski definition) is 4. The van der Waals surface area contributed by atoms with Gasteiger partial charge in [0.25, 0.3) is 0 Å². The summed E-state index contributed by atoms with van der Waals surface area (Å²) in [5.41, 5.74) is 20.4. The van der Waals surface area contributed by atoms with E-state index in [0.717, 1.165) is 112 Å². The van der Waals surface area contributed by atoms with Crippen molar-refractivity contribution in [3.8, 4) is 51.0 Å². The van der Waals surface area contributed by atoms with E-state index < -0.39 is 0 Å². The van der Waals surface area contributed by atoms with E-state index in [-0.39, 0.29) is 0 Å². The van der Waals surface area contributed by atoms with E-state index in [1.807, 2.05) is 24.5 Å². The molecule has 0 unspecified atom stereocenters. The second-order valence-electron chi connectivity index (χ2n) is 17.7. The number of para-hydroxylation sites is 4. The highest BCUT2D eigenvalue weighted by Gasteiger charge is 2.27. The number of pyridine rings is 2. The average Bonchev–Trinajstić information content (AvgIpc) is 3.99. The molecule has 13 aromatic rings. The number of rotatable bonds is 6. The van der Waals surface area contributed by atoms with Crippen molar-refractivity contribution in [3.05, 3.63) is 211 Å². The van der Waals surface area contributed by atoms with Crippen LogP contribution in [0.25, 0.3) is 117 Å². The first-order valence-electron chi connectivity index (χ1n) is 22.8. The topological polar surface area (TPSA) is 66.3 Å². The molecule has 0 aliphatic carbocycles. The Morgan fingerprint density at radius 2 is 0.731 bits per heavy atom. The molecular formula is C60H43N7.